The fourth-order valence-electron chi connectivity index (χ4n) is 1.63. The van der Waals surface area contributed by atoms with Gasteiger partial charge in [0.05, 0.1) is 12.8 Å². The molecule has 0 spiro atoms. The van der Waals surface area contributed by atoms with Crippen LogP contribution in [0.3, 0.4) is 0 Å². The number of carbonyl (C=O) groups excluding carboxylic acids is 1. The summed E-state index contributed by atoms with van der Waals surface area (Å²) in [6.45, 7) is 2.67. The summed E-state index contributed by atoms with van der Waals surface area (Å²) in [7, 11) is 1.57. The van der Waals surface area contributed by atoms with Crippen LogP contribution in [-0.4, -0.2) is 24.5 Å². The van der Waals surface area contributed by atoms with E-state index in [0.29, 0.717) is 21.4 Å². The Hall–Kier alpha value is -1.80. The number of hydrogen-bond acceptors (Lipinski definition) is 6. The highest BCUT2D eigenvalue weighted by molar-refractivity contribution is 9.10. The minimum absolute atomic E-state index is 0.215. The Labute approximate surface area is 134 Å². The first-order valence-corrected chi connectivity index (χ1v) is 7.81. The minimum atomic E-state index is -0.303. The molecule has 0 aliphatic rings. The molecule has 4 N–H and O–H groups in total. The van der Waals surface area contributed by atoms with Gasteiger partial charge in [-0.25, -0.2) is 4.98 Å². The van der Waals surface area contributed by atoms with Crippen LogP contribution >= 0.6 is 27.3 Å². The molecule has 0 aliphatic heterocycles. The number of ether oxygens (including phenoxy) is 1. The number of aromatic nitrogens is 1. The fourth-order valence-corrected chi connectivity index (χ4v) is 2.82. The Bertz CT molecular complexity index is 660. The Balaban J connectivity index is 2.21. The first-order chi connectivity index (χ1) is 10.0. The highest BCUT2D eigenvalue weighted by atomic mass is 79.9. The molecule has 6 nitrogen and oxygen atoms in total. The summed E-state index contributed by atoms with van der Waals surface area (Å²) in [6, 6.07) is 5.32. The van der Waals surface area contributed by atoms with Gasteiger partial charge in [0.25, 0.3) is 5.91 Å². The number of carbonyl (C=O) groups is 1. The lowest BCUT2D eigenvalue weighted by atomic mass is 10.3. The van der Waals surface area contributed by atoms with Crippen molar-refractivity contribution in [1.82, 2.24) is 4.98 Å². The van der Waals surface area contributed by atoms with Gasteiger partial charge in [0, 0.05) is 17.1 Å². The van der Waals surface area contributed by atoms with Crippen LogP contribution in [0.1, 0.15) is 16.6 Å². The number of hydrogen-bond donors (Lipinski definition) is 3. The molecule has 0 saturated carbocycles. The zero-order valence-electron chi connectivity index (χ0n) is 11.6. The molecule has 0 atom stereocenters. The molecule has 21 heavy (non-hydrogen) atoms. The molecule has 2 aromatic rings. The number of methoxy groups -OCH3 is 1. The van der Waals surface area contributed by atoms with Gasteiger partial charge in [0.15, 0.2) is 5.13 Å². The molecular formula is C13H15BrN4O2S. The summed E-state index contributed by atoms with van der Waals surface area (Å²) >= 11 is 4.60. The van der Waals surface area contributed by atoms with E-state index in [-0.39, 0.29) is 11.7 Å². The van der Waals surface area contributed by atoms with Crippen molar-refractivity contribution >= 4 is 49.8 Å². The fraction of sp³-hybridized carbons (Fsp3) is 0.231. The Kier molecular flexibility index (Phi) is 5.03. The molecule has 1 amide bonds. The number of nitrogens with two attached hydrogens (primary N) is 1. The van der Waals surface area contributed by atoms with E-state index in [1.54, 1.807) is 25.3 Å². The number of halogens is 1. The predicted octanol–water partition coefficient (Wildman–Crippen LogP) is 3.18. The number of nitrogen functional groups attached to an aromatic ring is 1. The molecule has 2 rings (SSSR count). The molecule has 0 aliphatic carbocycles. The number of anilines is 3. The standard InChI is InChI=1S/C13H15BrN4O2S/c1-3-16-13-18-11(15)10(21-13)12(19)17-9-6-7(20-2)4-5-8(9)14/h4-6H,3,15H2,1-2H3,(H,16,18)(H,17,19). The summed E-state index contributed by atoms with van der Waals surface area (Å²) in [6.07, 6.45) is 0. The summed E-state index contributed by atoms with van der Waals surface area (Å²) in [5.74, 6) is 0.565. The number of nitrogens with zero attached hydrogens (tertiary/aromatic N) is 1. The van der Waals surface area contributed by atoms with Crippen LogP contribution in [0.4, 0.5) is 16.6 Å². The van der Waals surface area contributed by atoms with Crippen molar-refractivity contribution in [2.45, 2.75) is 6.92 Å². The Morgan fingerprint density at radius 3 is 2.95 bits per heavy atom. The van der Waals surface area contributed by atoms with Crippen LogP contribution in [0.15, 0.2) is 22.7 Å². The average molecular weight is 371 g/mol. The van der Waals surface area contributed by atoms with E-state index < -0.39 is 0 Å². The molecule has 0 unspecified atom stereocenters. The average Bonchev–Trinajstić information content (AvgIpc) is 2.82. The third-order valence-corrected chi connectivity index (χ3v) is 4.33. The number of thiazole rings is 1. The van der Waals surface area contributed by atoms with Crippen LogP contribution < -0.4 is 21.1 Å². The smallest absolute Gasteiger partial charge is 0.269 e. The SMILES string of the molecule is CCNc1nc(N)c(C(=O)Nc2cc(OC)ccc2Br)s1. The van der Waals surface area contributed by atoms with Crippen LogP contribution in [-0.2, 0) is 0 Å². The van der Waals surface area contributed by atoms with Gasteiger partial charge in [0.1, 0.15) is 16.4 Å². The largest absolute Gasteiger partial charge is 0.497 e. The monoisotopic (exact) mass is 370 g/mol. The van der Waals surface area contributed by atoms with Gasteiger partial charge in [-0.1, -0.05) is 11.3 Å². The van der Waals surface area contributed by atoms with Gasteiger partial charge >= 0.3 is 0 Å². The number of rotatable bonds is 5. The second-order valence-corrected chi connectivity index (χ2v) is 5.92. The lowest BCUT2D eigenvalue weighted by molar-refractivity contribution is 0.103. The molecule has 0 saturated heterocycles. The van der Waals surface area contributed by atoms with Crippen LogP contribution in [0.25, 0.3) is 0 Å². The van der Waals surface area contributed by atoms with E-state index in [4.69, 9.17) is 10.5 Å². The van der Waals surface area contributed by atoms with E-state index in [0.717, 1.165) is 11.0 Å². The molecule has 0 bridgehead atoms. The van der Waals surface area contributed by atoms with Crippen LogP contribution in [0, 0.1) is 0 Å². The van der Waals surface area contributed by atoms with Gasteiger partial charge in [-0.2, -0.15) is 0 Å². The maximum absolute atomic E-state index is 12.3. The first-order valence-electron chi connectivity index (χ1n) is 6.20. The lowest BCUT2D eigenvalue weighted by Gasteiger charge is -2.08. The normalized spacial score (nSPS) is 10.2. The van der Waals surface area contributed by atoms with E-state index in [1.807, 2.05) is 6.92 Å². The van der Waals surface area contributed by atoms with Crippen molar-refractivity contribution < 1.29 is 9.53 Å². The second-order valence-electron chi connectivity index (χ2n) is 4.06. The highest BCUT2D eigenvalue weighted by Crippen LogP contribution is 2.30. The first kappa shape index (κ1) is 15.6. The molecular weight excluding hydrogens is 356 g/mol. The van der Waals surface area contributed by atoms with E-state index >= 15 is 0 Å². The minimum Gasteiger partial charge on any atom is -0.497 e. The third kappa shape index (κ3) is 3.64. The van der Waals surface area contributed by atoms with Crippen molar-refractivity contribution in [2.75, 3.05) is 30.0 Å². The van der Waals surface area contributed by atoms with Crippen molar-refractivity contribution in [3.63, 3.8) is 0 Å². The number of amides is 1. The number of benzene rings is 1. The summed E-state index contributed by atoms with van der Waals surface area (Å²) in [5.41, 5.74) is 6.39. The summed E-state index contributed by atoms with van der Waals surface area (Å²) < 4.78 is 5.90. The van der Waals surface area contributed by atoms with E-state index in [9.17, 15) is 4.79 Å². The van der Waals surface area contributed by atoms with Crippen molar-refractivity contribution in [3.8, 4) is 5.75 Å². The Morgan fingerprint density at radius 1 is 1.52 bits per heavy atom. The summed E-state index contributed by atoms with van der Waals surface area (Å²) in [5, 5.41) is 6.46. The zero-order chi connectivity index (χ0) is 15.4. The van der Waals surface area contributed by atoms with Gasteiger partial charge in [-0.15, -0.1) is 0 Å². The third-order valence-electron chi connectivity index (χ3n) is 2.61. The molecule has 0 radical (unpaired) electrons. The lowest BCUT2D eigenvalue weighted by Crippen LogP contribution is -2.12. The maximum Gasteiger partial charge on any atom is 0.269 e. The van der Waals surface area contributed by atoms with E-state index in [2.05, 4.69) is 31.5 Å². The molecule has 8 heteroatoms. The quantitative estimate of drug-likeness (QED) is 0.751. The molecule has 1 heterocycles. The second kappa shape index (κ2) is 6.77. The maximum atomic E-state index is 12.3. The van der Waals surface area contributed by atoms with E-state index in [1.165, 1.54) is 11.3 Å². The van der Waals surface area contributed by atoms with Crippen LogP contribution in [0.2, 0.25) is 0 Å². The molecule has 112 valence electrons. The van der Waals surface area contributed by atoms with Crippen molar-refractivity contribution in [3.05, 3.63) is 27.5 Å². The number of nitrogens with one attached hydrogen (secondary N) is 2. The van der Waals surface area contributed by atoms with Crippen LogP contribution in [0.5, 0.6) is 5.75 Å². The van der Waals surface area contributed by atoms with Gasteiger partial charge in [0.2, 0.25) is 0 Å². The summed E-state index contributed by atoms with van der Waals surface area (Å²) in [4.78, 5) is 16.8. The predicted molar refractivity (Wildman–Crippen MR) is 89.3 cm³/mol. The molecule has 1 aromatic heterocycles. The van der Waals surface area contributed by atoms with Crippen molar-refractivity contribution in [2.24, 2.45) is 0 Å². The molecule has 0 fully saturated rings. The highest BCUT2D eigenvalue weighted by Gasteiger charge is 2.17. The van der Waals surface area contributed by atoms with Gasteiger partial charge < -0.3 is 21.1 Å². The topological polar surface area (TPSA) is 89.3 Å². The van der Waals surface area contributed by atoms with Gasteiger partial charge in [-0.05, 0) is 35.0 Å². The van der Waals surface area contributed by atoms with Crippen molar-refractivity contribution in [1.29, 1.82) is 0 Å². The zero-order valence-corrected chi connectivity index (χ0v) is 14.0. The Morgan fingerprint density at radius 2 is 2.29 bits per heavy atom. The van der Waals surface area contributed by atoms with Gasteiger partial charge in [-0.3, -0.25) is 4.79 Å². The molecule has 1 aromatic carbocycles.